The van der Waals surface area contributed by atoms with Crippen molar-refractivity contribution in [3.63, 3.8) is 0 Å². The second kappa shape index (κ2) is 9.74. The molecule has 34 heavy (non-hydrogen) atoms. The Morgan fingerprint density at radius 3 is 2.74 bits per heavy atom. The predicted molar refractivity (Wildman–Crippen MR) is 127 cm³/mol. The van der Waals surface area contributed by atoms with E-state index in [4.69, 9.17) is 16.4 Å². The number of rotatable bonds is 7. The van der Waals surface area contributed by atoms with Gasteiger partial charge in [-0.05, 0) is 62.4 Å². The molecule has 180 valence electrons. The van der Waals surface area contributed by atoms with E-state index in [9.17, 15) is 9.59 Å². The summed E-state index contributed by atoms with van der Waals surface area (Å²) in [5, 5.41) is 15.5. The van der Waals surface area contributed by atoms with Crippen LogP contribution in [0, 0.1) is 6.92 Å². The third-order valence-electron chi connectivity index (χ3n) is 6.69. The first kappa shape index (κ1) is 23.6. The largest absolute Gasteiger partial charge is 0.457 e. The Balaban J connectivity index is 1.28. The number of nitrogens with one attached hydrogen (secondary N) is 1. The zero-order valence-corrected chi connectivity index (χ0v) is 19.5. The van der Waals surface area contributed by atoms with Crippen LogP contribution in [0.15, 0.2) is 29.4 Å². The number of nitrogens with two attached hydrogens (primary N) is 2. The number of hydrazine groups is 1. The summed E-state index contributed by atoms with van der Waals surface area (Å²) in [5.41, 5.74) is 4.00. The molecular weight excluding hydrogens is 436 g/mol. The summed E-state index contributed by atoms with van der Waals surface area (Å²) >= 11 is 0. The minimum Gasteiger partial charge on any atom is -0.457 e. The quantitative estimate of drug-likeness (QED) is 0.177. The molecule has 0 unspecified atom stereocenters. The minimum absolute atomic E-state index is 0.222. The van der Waals surface area contributed by atoms with Crippen molar-refractivity contribution in [3.8, 4) is 0 Å². The number of ether oxygens (including phenoxy) is 1. The maximum Gasteiger partial charge on any atom is 0.338 e. The third kappa shape index (κ3) is 5.00. The van der Waals surface area contributed by atoms with E-state index in [1.807, 2.05) is 12.1 Å². The van der Waals surface area contributed by atoms with Gasteiger partial charge < -0.3 is 20.8 Å². The average molecular weight is 467 g/mol. The van der Waals surface area contributed by atoms with E-state index < -0.39 is 0 Å². The lowest BCUT2D eigenvalue weighted by molar-refractivity contribution is 0.0534. The van der Waals surface area contributed by atoms with Crippen LogP contribution < -0.4 is 22.0 Å². The maximum absolute atomic E-state index is 12.7. The van der Waals surface area contributed by atoms with Gasteiger partial charge in [0.15, 0.2) is 11.5 Å². The minimum atomic E-state index is -0.318. The predicted octanol–water partition coefficient (Wildman–Crippen LogP) is 0.865. The SMILES string of the molecule is Cc1c(CCN2CCC(C)(NC(=O)c3ccc(N(N)/C=N\N)nn3)CC2)ccc2c1COC2=O. The summed E-state index contributed by atoms with van der Waals surface area (Å²) in [5.74, 6) is 10.6. The van der Waals surface area contributed by atoms with Crippen molar-refractivity contribution in [2.45, 2.75) is 45.3 Å². The molecule has 2 aliphatic rings. The molecule has 1 saturated heterocycles. The first-order valence-electron chi connectivity index (χ1n) is 11.2. The van der Waals surface area contributed by atoms with Gasteiger partial charge in [-0.3, -0.25) is 4.79 Å². The number of hydrazone groups is 1. The number of likely N-dealkylation sites (tertiary alicyclic amines) is 1. The molecule has 5 N–H and O–H groups in total. The molecule has 0 radical (unpaired) electrons. The van der Waals surface area contributed by atoms with Gasteiger partial charge in [0, 0.05) is 30.7 Å². The fraction of sp³-hybridized carbons (Fsp3) is 0.435. The lowest BCUT2D eigenvalue weighted by Gasteiger charge is -2.40. The van der Waals surface area contributed by atoms with Crippen molar-refractivity contribution < 1.29 is 14.3 Å². The van der Waals surface area contributed by atoms with E-state index in [1.165, 1.54) is 11.9 Å². The van der Waals surface area contributed by atoms with Gasteiger partial charge in [0.2, 0.25) is 0 Å². The van der Waals surface area contributed by atoms with Crippen LogP contribution in [-0.2, 0) is 17.8 Å². The van der Waals surface area contributed by atoms with Gasteiger partial charge in [0.1, 0.15) is 12.9 Å². The molecule has 2 aliphatic heterocycles. The second-order valence-electron chi connectivity index (χ2n) is 9.01. The molecule has 11 nitrogen and oxygen atoms in total. The normalized spacial score (nSPS) is 17.4. The van der Waals surface area contributed by atoms with E-state index >= 15 is 0 Å². The first-order valence-corrected chi connectivity index (χ1v) is 11.2. The Morgan fingerprint density at radius 1 is 1.29 bits per heavy atom. The Hall–Kier alpha value is -3.57. The first-order chi connectivity index (χ1) is 16.3. The monoisotopic (exact) mass is 466 g/mol. The van der Waals surface area contributed by atoms with E-state index in [0.29, 0.717) is 18.0 Å². The maximum atomic E-state index is 12.7. The molecule has 0 saturated carbocycles. The molecular formula is C23H30N8O3. The van der Waals surface area contributed by atoms with Gasteiger partial charge in [0.05, 0.1) is 5.56 Å². The summed E-state index contributed by atoms with van der Waals surface area (Å²) in [6.07, 6.45) is 3.77. The van der Waals surface area contributed by atoms with E-state index in [-0.39, 0.29) is 23.1 Å². The van der Waals surface area contributed by atoms with Crippen molar-refractivity contribution in [1.82, 2.24) is 20.4 Å². The molecule has 11 heteroatoms. The number of benzene rings is 1. The summed E-state index contributed by atoms with van der Waals surface area (Å²) in [6, 6.07) is 7.06. The van der Waals surface area contributed by atoms with Crippen LogP contribution >= 0.6 is 0 Å². The summed E-state index contributed by atoms with van der Waals surface area (Å²) in [6.45, 7) is 7.18. The van der Waals surface area contributed by atoms with E-state index in [2.05, 4.69) is 39.4 Å². The summed E-state index contributed by atoms with van der Waals surface area (Å²) in [4.78, 5) is 26.9. The van der Waals surface area contributed by atoms with Crippen LogP contribution in [-0.4, -0.2) is 58.5 Å². The number of piperidine rings is 1. The molecule has 2 aromatic rings. The highest BCUT2D eigenvalue weighted by molar-refractivity contribution is 5.94. The Bertz CT molecular complexity index is 1090. The van der Waals surface area contributed by atoms with Crippen LogP contribution in [0.1, 0.15) is 57.3 Å². The van der Waals surface area contributed by atoms with Gasteiger partial charge in [-0.1, -0.05) is 6.07 Å². The Labute approximate surface area is 198 Å². The zero-order valence-electron chi connectivity index (χ0n) is 19.5. The standard InChI is InChI=1S/C23H30N8O3/c1-15-16(3-4-17-18(15)13-34-22(17)33)7-10-30-11-8-23(2,9-12-30)27-21(32)19-5-6-20(29-28-19)31(25)14-26-24/h3-6,14H,7-13,24-25H2,1-2H3,(H,27,32)/b26-14-. The summed E-state index contributed by atoms with van der Waals surface area (Å²) in [7, 11) is 0. The van der Waals surface area contributed by atoms with Crippen LogP contribution in [0.4, 0.5) is 5.82 Å². The van der Waals surface area contributed by atoms with Crippen LogP contribution in [0.3, 0.4) is 0 Å². The van der Waals surface area contributed by atoms with Crippen LogP contribution in [0.25, 0.3) is 0 Å². The van der Waals surface area contributed by atoms with E-state index in [0.717, 1.165) is 55.0 Å². The van der Waals surface area contributed by atoms with Crippen LogP contribution in [0.5, 0.6) is 0 Å². The number of cyclic esters (lactones) is 1. The average Bonchev–Trinajstić information content (AvgIpc) is 3.21. The van der Waals surface area contributed by atoms with Gasteiger partial charge in [-0.15, -0.1) is 10.2 Å². The van der Waals surface area contributed by atoms with Gasteiger partial charge in [-0.25, -0.2) is 15.6 Å². The number of nitrogens with zero attached hydrogens (tertiary/aromatic N) is 5. The highest BCUT2D eigenvalue weighted by atomic mass is 16.5. The molecule has 4 rings (SSSR count). The molecule has 0 aliphatic carbocycles. The molecule has 1 aromatic heterocycles. The zero-order chi connectivity index (χ0) is 24.3. The Morgan fingerprint density at radius 2 is 2.06 bits per heavy atom. The second-order valence-corrected chi connectivity index (χ2v) is 9.01. The van der Waals surface area contributed by atoms with Crippen molar-refractivity contribution in [2.75, 3.05) is 24.6 Å². The molecule has 0 bridgehead atoms. The fourth-order valence-corrected chi connectivity index (χ4v) is 4.40. The third-order valence-corrected chi connectivity index (χ3v) is 6.69. The molecule has 1 amide bonds. The fourth-order valence-electron chi connectivity index (χ4n) is 4.40. The van der Waals surface area contributed by atoms with Gasteiger partial charge in [0.25, 0.3) is 5.91 Å². The van der Waals surface area contributed by atoms with Crippen molar-refractivity contribution in [1.29, 1.82) is 0 Å². The highest BCUT2D eigenvalue weighted by Crippen LogP contribution is 2.27. The molecule has 0 atom stereocenters. The molecule has 1 aromatic carbocycles. The van der Waals surface area contributed by atoms with Gasteiger partial charge in [-0.2, -0.15) is 5.10 Å². The van der Waals surface area contributed by atoms with Crippen molar-refractivity contribution >= 4 is 24.0 Å². The van der Waals surface area contributed by atoms with Crippen LogP contribution in [0.2, 0.25) is 0 Å². The number of esters is 1. The number of fused-ring (bicyclic) bond motifs is 1. The smallest absolute Gasteiger partial charge is 0.338 e. The summed E-state index contributed by atoms with van der Waals surface area (Å²) < 4.78 is 5.16. The molecule has 0 spiro atoms. The number of anilines is 1. The van der Waals surface area contributed by atoms with Crippen molar-refractivity contribution in [2.24, 2.45) is 16.8 Å². The Kier molecular flexibility index (Phi) is 6.75. The van der Waals surface area contributed by atoms with Gasteiger partial charge >= 0.3 is 5.97 Å². The molecule has 1 fully saturated rings. The van der Waals surface area contributed by atoms with Crippen molar-refractivity contribution in [3.05, 3.63) is 52.2 Å². The number of aromatic nitrogens is 2. The number of amides is 1. The van der Waals surface area contributed by atoms with E-state index in [1.54, 1.807) is 12.1 Å². The topological polar surface area (TPSA) is 152 Å². The number of hydrogen-bond acceptors (Lipinski definition) is 9. The number of hydrogen-bond donors (Lipinski definition) is 3. The number of carbonyl (C=O) groups excluding carboxylic acids is 2. The number of carbonyl (C=O) groups is 2. The molecule has 3 heterocycles. The lowest BCUT2D eigenvalue weighted by Crippen LogP contribution is -2.53. The lowest BCUT2D eigenvalue weighted by atomic mass is 9.89. The highest BCUT2D eigenvalue weighted by Gasteiger charge is 2.32.